The average molecular weight is 317 g/mol. The minimum absolute atomic E-state index is 0.229. The molecule has 0 bridgehead atoms. The molecule has 8 heteroatoms. The van der Waals surface area contributed by atoms with Crippen LogP contribution in [0.1, 0.15) is 5.56 Å². The smallest absolute Gasteiger partial charge is 0.406 e. The van der Waals surface area contributed by atoms with Crippen molar-refractivity contribution in [1.82, 2.24) is 4.90 Å². The highest BCUT2D eigenvalue weighted by molar-refractivity contribution is 5.78. The van der Waals surface area contributed by atoms with Crippen LogP contribution in [0.2, 0.25) is 0 Å². The number of aliphatic imine (C=N–C) groups is 1. The first-order valence-corrected chi connectivity index (χ1v) is 6.91. The highest BCUT2D eigenvalue weighted by Crippen LogP contribution is 2.22. The number of hydrogen-bond acceptors (Lipinski definition) is 3. The van der Waals surface area contributed by atoms with Gasteiger partial charge in [-0.25, -0.2) is 0 Å². The third kappa shape index (κ3) is 5.44. The molecule has 2 N–H and O–H groups in total. The molecule has 0 amide bonds. The zero-order valence-corrected chi connectivity index (χ0v) is 12.0. The van der Waals surface area contributed by atoms with Crippen LogP contribution in [0.5, 0.6) is 5.75 Å². The number of guanidine groups is 1. The Balaban J connectivity index is 1.81. The van der Waals surface area contributed by atoms with Crippen LogP contribution in [-0.2, 0) is 11.2 Å². The molecule has 1 heterocycles. The molecule has 22 heavy (non-hydrogen) atoms. The van der Waals surface area contributed by atoms with Gasteiger partial charge in [0, 0.05) is 19.6 Å². The van der Waals surface area contributed by atoms with E-state index in [1.807, 2.05) is 4.90 Å². The third-order valence-electron chi connectivity index (χ3n) is 3.17. The number of hydrogen-bond donors (Lipinski definition) is 1. The molecule has 0 unspecified atom stereocenters. The lowest BCUT2D eigenvalue weighted by Crippen LogP contribution is -2.44. The maximum atomic E-state index is 12.0. The normalized spacial score (nSPS) is 16.7. The largest absolute Gasteiger partial charge is 0.573 e. The summed E-state index contributed by atoms with van der Waals surface area (Å²) in [4.78, 5) is 6.23. The van der Waals surface area contributed by atoms with E-state index in [4.69, 9.17) is 10.5 Å². The predicted molar refractivity (Wildman–Crippen MR) is 75.7 cm³/mol. The lowest BCUT2D eigenvalue weighted by Gasteiger charge is -2.27. The standard InChI is InChI=1S/C14H18F3N3O2/c15-14(16,17)22-12-3-1-11(2-4-12)5-6-19-13(18)20-7-9-21-10-8-20/h1-4H,5-10H2,(H2,18,19). The van der Waals surface area contributed by atoms with Gasteiger partial charge in [0.05, 0.1) is 13.2 Å². The summed E-state index contributed by atoms with van der Waals surface area (Å²) in [5, 5.41) is 0. The molecule has 1 aliphatic heterocycles. The number of morpholine rings is 1. The van der Waals surface area contributed by atoms with Gasteiger partial charge in [-0.1, -0.05) is 12.1 Å². The molecular formula is C14H18F3N3O2. The van der Waals surface area contributed by atoms with Crippen molar-refractivity contribution in [2.45, 2.75) is 12.8 Å². The molecule has 1 saturated heterocycles. The Morgan fingerprint density at radius 2 is 1.86 bits per heavy atom. The van der Waals surface area contributed by atoms with Crippen molar-refractivity contribution < 1.29 is 22.6 Å². The van der Waals surface area contributed by atoms with Gasteiger partial charge < -0.3 is 20.1 Å². The van der Waals surface area contributed by atoms with E-state index in [9.17, 15) is 13.2 Å². The molecule has 1 fully saturated rings. The van der Waals surface area contributed by atoms with Crippen LogP contribution >= 0.6 is 0 Å². The maximum absolute atomic E-state index is 12.0. The summed E-state index contributed by atoms with van der Waals surface area (Å²) in [5.41, 5.74) is 6.75. The number of nitrogens with two attached hydrogens (primary N) is 1. The van der Waals surface area contributed by atoms with Crippen LogP contribution in [0, 0.1) is 0 Å². The van der Waals surface area contributed by atoms with Gasteiger partial charge in [0.2, 0.25) is 0 Å². The van der Waals surface area contributed by atoms with Gasteiger partial charge in [-0.2, -0.15) is 0 Å². The van der Waals surface area contributed by atoms with Crippen LogP contribution in [0.4, 0.5) is 13.2 Å². The summed E-state index contributed by atoms with van der Waals surface area (Å²) in [6.45, 7) is 3.19. The maximum Gasteiger partial charge on any atom is 0.573 e. The van der Waals surface area contributed by atoms with Crippen LogP contribution in [-0.4, -0.2) is 50.1 Å². The van der Waals surface area contributed by atoms with Gasteiger partial charge >= 0.3 is 6.36 Å². The van der Waals surface area contributed by atoms with Crippen LogP contribution < -0.4 is 10.5 Å². The average Bonchev–Trinajstić information content (AvgIpc) is 2.48. The first kappa shape index (κ1) is 16.4. The number of halogens is 3. The number of benzene rings is 1. The SMILES string of the molecule is NC(=NCCc1ccc(OC(F)(F)F)cc1)N1CCOCC1. The molecule has 2 rings (SSSR count). The quantitative estimate of drug-likeness (QED) is 0.679. The third-order valence-corrected chi connectivity index (χ3v) is 3.17. The lowest BCUT2D eigenvalue weighted by molar-refractivity contribution is -0.274. The van der Waals surface area contributed by atoms with Crippen molar-refractivity contribution in [1.29, 1.82) is 0 Å². The first-order valence-electron chi connectivity index (χ1n) is 6.91. The minimum atomic E-state index is -4.67. The summed E-state index contributed by atoms with van der Waals surface area (Å²) in [6, 6.07) is 5.75. The zero-order chi connectivity index (χ0) is 16.0. The molecule has 122 valence electrons. The molecule has 1 aliphatic rings. The van der Waals surface area contributed by atoms with Gasteiger partial charge in [-0.15, -0.1) is 13.2 Å². The van der Waals surface area contributed by atoms with Gasteiger partial charge in [-0.05, 0) is 24.1 Å². The van der Waals surface area contributed by atoms with E-state index in [-0.39, 0.29) is 5.75 Å². The van der Waals surface area contributed by atoms with E-state index in [2.05, 4.69) is 9.73 Å². The molecule has 0 aromatic heterocycles. The van der Waals surface area contributed by atoms with E-state index < -0.39 is 6.36 Å². The molecule has 0 spiro atoms. The van der Waals surface area contributed by atoms with Crippen molar-refractivity contribution in [3.05, 3.63) is 29.8 Å². The van der Waals surface area contributed by atoms with Crippen LogP contribution in [0.3, 0.4) is 0 Å². The second kappa shape index (κ2) is 7.35. The Hall–Kier alpha value is -1.96. The van der Waals surface area contributed by atoms with E-state index in [0.29, 0.717) is 32.1 Å². The van der Waals surface area contributed by atoms with Crippen molar-refractivity contribution in [2.75, 3.05) is 32.8 Å². The van der Waals surface area contributed by atoms with Crippen molar-refractivity contribution >= 4 is 5.96 Å². The second-order valence-electron chi connectivity index (χ2n) is 4.78. The minimum Gasteiger partial charge on any atom is -0.406 e. The summed E-state index contributed by atoms with van der Waals surface area (Å²) < 4.78 is 45.2. The van der Waals surface area contributed by atoms with Crippen LogP contribution in [0.25, 0.3) is 0 Å². The van der Waals surface area contributed by atoms with Crippen molar-refractivity contribution in [2.24, 2.45) is 10.7 Å². The van der Waals surface area contributed by atoms with Crippen LogP contribution in [0.15, 0.2) is 29.3 Å². The van der Waals surface area contributed by atoms with Crippen molar-refractivity contribution in [3.63, 3.8) is 0 Å². The topological polar surface area (TPSA) is 60.1 Å². The van der Waals surface area contributed by atoms with Gasteiger partial charge in [0.1, 0.15) is 5.75 Å². The molecule has 0 radical (unpaired) electrons. The molecule has 5 nitrogen and oxygen atoms in total. The second-order valence-corrected chi connectivity index (χ2v) is 4.78. The molecule has 1 aromatic carbocycles. The molecule has 0 saturated carbocycles. The van der Waals surface area contributed by atoms with E-state index >= 15 is 0 Å². The molecule has 0 atom stereocenters. The molecule has 1 aromatic rings. The first-order chi connectivity index (χ1) is 10.4. The van der Waals surface area contributed by atoms with E-state index in [1.165, 1.54) is 12.1 Å². The molecular weight excluding hydrogens is 299 g/mol. The number of alkyl halides is 3. The monoisotopic (exact) mass is 317 g/mol. The summed E-state index contributed by atoms with van der Waals surface area (Å²) in [7, 11) is 0. The van der Waals surface area contributed by atoms with Gasteiger partial charge in [0.15, 0.2) is 5.96 Å². The summed E-state index contributed by atoms with van der Waals surface area (Å²) in [6.07, 6.45) is -4.07. The Kier molecular flexibility index (Phi) is 5.48. The Bertz CT molecular complexity index is 497. The number of rotatable bonds is 4. The fourth-order valence-electron chi connectivity index (χ4n) is 2.05. The molecule has 0 aliphatic carbocycles. The lowest BCUT2D eigenvalue weighted by atomic mass is 10.1. The van der Waals surface area contributed by atoms with Crippen molar-refractivity contribution in [3.8, 4) is 5.75 Å². The van der Waals surface area contributed by atoms with E-state index in [1.54, 1.807) is 12.1 Å². The fraction of sp³-hybridized carbons (Fsp3) is 0.500. The predicted octanol–water partition coefficient (Wildman–Crippen LogP) is 1.77. The van der Waals surface area contributed by atoms with E-state index in [0.717, 1.165) is 18.7 Å². The Labute approximate surface area is 126 Å². The Morgan fingerprint density at radius 3 is 2.45 bits per heavy atom. The summed E-state index contributed by atoms with van der Waals surface area (Å²) in [5.74, 6) is 0.243. The highest BCUT2D eigenvalue weighted by Gasteiger charge is 2.30. The fourth-order valence-corrected chi connectivity index (χ4v) is 2.05. The number of nitrogens with zero attached hydrogens (tertiary/aromatic N) is 2. The van der Waals surface area contributed by atoms with Gasteiger partial charge in [-0.3, -0.25) is 4.99 Å². The zero-order valence-electron chi connectivity index (χ0n) is 12.0. The number of ether oxygens (including phenoxy) is 2. The van der Waals surface area contributed by atoms with Gasteiger partial charge in [0.25, 0.3) is 0 Å². The summed E-state index contributed by atoms with van der Waals surface area (Å²) >= 11 is 0. The Morgan fingerprint density at radius 1 is 1.23 bits per heavy atom. The highest BCUT2D eigenvalue weighted by atomic mass is 19.4.